The fraction of sp³-hybridized carbons (Fsp3) is 0.333. The quantitative estimate of drug-likeness (QED) is 0.717. The first-order valence-corrected chi connectivity index (χ1v) is 5.13. The molecule has 0 saturated carbocycles. The molecule has 1 rings (SSSR count). The molecule has 0 radical (unpaired) electrons. The van der Waals surface area contributed by atoms with Crippen LogP contribution in [0.3, 0.4) is 0 Å². The van der Waals surface area contributed by atoms with E-state index >= 15 is 0 Å². The highest BCUT2D eigenvalue weighted by molar-refractivity contribution is 5.91. The second-order valence-electron chi connectivity index (χ2n) is 3.65. The molecule has 0 saturated heterocycles. The highest BCUT2D eigenvalue weighted by atomic mass is 16.2. The molecule has 0 aliphatic rings. The number of pyridine rings is 1. The first-order valence-electron chi connectivity index (χ1n) is 5.13. The summed E-state index contributed by atoms with van der Waals surface area (Å²) in [5.41, 5.74) is 0.515. The van der Waals surface area contributed by atoms with Crippen molar-refractivity contribution in [3.05, 3.63) is 23.9 Å². The molecule has 90 valence electrons. The van der Waals surface area contributed by atoms with Crippen molar-refractivity contribution in [2.75, 3.05) is 32.6 Å². The lowest BCUT2D eigenvalue weighted by Gasteiger charge is -2.09. The summed E-state index contributed by atoms with van der Waals surface area (Å²) >= 11 is 0. The zero-order valence-electron chi connectivity index (χ0n) is 9.90. The Labute approximate surface area is 100 Å². The molecular weight excluding hydrogens is 218 g/mol. The normalized spacial score (nSPS) is 9.65. The van der Waals surface area contributed by atoms with Crippen LogP contribution < -0.4 is 5.32 Å². The van der Waals surface area contributed by atoms with Crippen molar-refractivity contribution in [1.29, 1.82) is 0 Å². The number of aliphatic hydroxyl groups is 1. The fourth-order valence-corrected chi connectivity index (χ4v) is 1.17. The number of amides is 1. The first-order chi connectivity index (χ1) is 8.11. The van der Waals surface area contributed by atoms with E-state index in [2.05, 4.69) is 22.1 Å². The highest BCUT2D eigenvalue weighted by Gasteiger charge is 2.04. The third-order valence-corrected chi connectivity index (χ3v) is 1.77. The minimum absolute atomic E-state index is 0.130. The molecular formula is C12H15N3O2. The summed E-state index contributed by atoms with van der Waals surface area (Å²) in [4.78, 5) is 17.4. The lowest BCUT2D eigenvalue weighted by molar-refractivity contribution is -0.116. The van der Waals surface area contributed by atoms with Gasteiger partial charge in [0, 0.05) is 0 Å². The Morgan fingerprint density at radius 1 is 1.53 bits per heavy atom. The van der Waals surface area contributed by atoms with Gasteiger partial charge in [0.15, 0.2) is 0 Å². The Hall–Kier alpha value is -1.90. The average molecular weight is 233 g/mol. The lowest BCUT2D eigenvalue weighted by atomic mass is 10.3. The molecule has 1 amide bonds. The number of carbonyl (C=O) groups excluding carboxylic acids is 1. The Morgan fingerprint density at radius 3 is 2.94 bits per heavy atom. The summed E-state index contributed by atoms with van der Waals surface area (Å²) < 4.78 is 0. The van der Waals surface area contributed by atoms with Gasteiger partial charge in [-0.2, -0.15) is 0 Å². The van der Waals surface area contributed by atoms with Crippen LogP contribution in [-0.2, 0) is 4.79 Å². The molecule has 0 atom stereocenters. The highest BCUT2D eigenvalue weighted by Crippen LogP contribution is 2.03. The Kier molecular flexibility index (Phi) is 5.14. The van der Waals surface area contributed by atoms with Crippen molar-refractivity contribution in [3.8, 4) is 11.8 Å². The lowest BCUT2D eigenvalue weighted by Crippen LogP contribution is -2.27. The number of aromatic nitrogens is 1. The van der Waals surface area contributed by atoms with Crippen molar-refractivity contribution >= 4 is 11.7 Å². The first kappa shape index (κ1) is 13.2. The minimum Gasteiger partial charge on any atom is -0.384 e. The average Bonchev–Trinajstić information content (AvgIpc) is 2.25. The van der Waals surface area contributed by atoms with Gasteiger partial charge in [0.2, 0.25) is 5.91 Å². The number of rotatable bonds is 3. The molecule has 0 spiro atoms. The Morgan fingerprint density at radius 2 is 2.29 bits per heavy atom. The summed E-state index contributed by atoms with van der Waals surface area (Å²) in [5.74, 6) is 5.51. The van der Waals surface area contributed by atoms with E-state index in [9.17, 15) is 4.79 Å². The van der Waals surface area contributed by atoms with Crippen LogP contribution >= 0.6 is 0 Å². The molecule has 0 aromatic carbocycles. The number of anilines is 1. The van der Waals surface area contributed by atoms with Gasteiger partial charge in [0.1, 0.15) is 18.1 Å². The van der Waals surface area contributed by atoms with Crippen LogP contribution in [0.15, 0.2) is 18.2 Å². The second kappa shape index (κ2) is 6.63. The third-order valence-electron chi connectivity index (χ3n) is 1.77. The third kappa shape index (κ3) is 5.11. The standard InChI is InChI=1S/C12H15N3O2/c1-15(2)9-12(17)14-11-7-3-5-10(13-11)6-4-8-16/h3,5,7,16H,8-9H2,1-2H3,(H,13,14,17). The summed E-state index contributed by atoms with van der Waals surface area (Å²) in [5, 5.41) is 11.2. The van der Waals surface area contributed by atoms with Crippen LogP contribution in [0.2, 0.25) is 0 Å². The molecule has 1 aromatic heterocycles. The summed E-state index contributed by atoms with van der Waals surface area (Å²) in [6.07, 6.45) is 0. The number of hydrogen-bond acceptors (Lipinski definition) is 4. The van der Waals surface area contributed by atoms with E-state index in [1.165, 1.54) is 0 Å². The van der Waals surface area contributed by atoms with Gasteiger partial charge in [-0.1, -0.05) is 12.0 Å². The topological polar surface area (TPSA) is 65.5 Å². The number of nitrogens with one attached hydrogen (secondary N) is 1. The van der Waals surface area contributed by atoms with E-state index < -0.39 is 0 Å². The molecule has 5 nitrogen and oxygen atoms in total. The van der Waals surface area contributed by atoms with E-state index in [1.807, 2.05) is 14.1 Å². The van der Waals surface area contributed by atoms with Gasteiger partial charge in [0.25, 0.3) is 0 Å². The van der Waals surface area contributed by atoms with Crippen molar-refractivity contribution < 1.29 is 9.90 Å². The number of nitrogens with zero attached hydrogens (tertiary/aromatic N) is 2. The minimum atomic E-state index is -0.209. The molecule has 1 aromatic rings. The number of hydrogen-bond donors (Lipinski definition) is 2. The van der Waals surface area contributed by atoms with E-state index in [0.717, 1.165) is 0 Å². The van der Waals surface area contributed by atoms with E-state index in [0.29, 0.717) is 18.1 Å². The predicted octanol–water partition coefficient (Wildman–Crippen LogP) is -0.0745. The fourth-order valence-electron chi connectivity index (χ4n) is 1.17. The molecule has 0 unspecified atom stereocenters. The molecule has 0 fully saturated rings. The van der Waals surface area contributed by atoms with Gasteiger partial charge in [-0.3, -0.25) is 4.79 Å². The van der Waals surface area contributed by atoms with Gasteiger partial charge in [-0.25, -0.2) is 4.98 Å². The van der Waals surface area contributed by atoms with Crippen LogP contribution in [0.5, 0.6) is 0 Å². The Balaban J connectivity index is 2.68. The smallest absolute Gasteiger partial charge is 0.239 e. The molecule has 5 heteroatoms. The SMILES string of the molecule is CN(C)CC(=O)Nc1cccc(C#CCO)n1. The molecule has 2 N–H and O–H groups in total. The number of aliphatic hydroxyl groups excluding tert-OH is 1. The number of likely N-dealkylation sites (N-methyl/N-ethyl adjacent to an activating group) is 1. The van der Waals surface area contributed by atoms with Gasteiger partial charge in [0.05, 0.1) is 6.54 Å². The van der Waals surface area contributed by atoms with Crippen molar-refractivity contribution in [2.24, 2.45) is 0 Å². The molecule has 17 heavy (non-hydrogen) atoms. The van der Waals surface area contributed by atoms with E-state index in [-0.39, 0.29) is 12.5 Å². The van der Waals surface area contributed by atoms with Gasteiger partial charge >= 0.3 is 0 Å². The van der Waals surface area contributed by atoms with Gasteiger partial charge in [-0.15, -0.1) is 0 Å². The van der Waals surface area contributed by atoms with Crippen LogP contribution in [0.25, 0.3) is 0 Å². The van der Waals surface area contributed by atoms with E-state index in [4.69, 9.17) is 5.11 Å². The maximum Gasteiger partial charge on any atom is 0.239 e. The maximum absolute atomic E-state index is 11.5. The van der Waals surface area contributed by atoms with Crippen LogP contribution in [0.4, 0.5) is 5.82 Å². The van der Waals surface area contributed by atoms with Crippen molar-refractivity contribution in [1.82, 2.24) is 9.88 Å². The van der Waals surface area contributed by atoms with E-state index in [1.54, 1.807) is 23.1 Å². The molecule has 0 aliphatic carbocycles. The molecule has 0 bridgehead atoms. The molecule has 0 aliphatic heterocycles. The largest absolute Gasteiger partial charge is 0.384 e. The van der Waals surface area contributed by atoms with Gasteiger partial charge < -0.3 is 15.3 Å². The van der Waals surface area contributed by atoms with Crippen molar-refractivity contribution in [2.45, 2.75) is 0 Å². The molecule has 1 heterocycles. The Bertz CT molecular complexity index is 447. The monoisotopic (exact) mass is 233 g/mol. The van der Waals surface area contributed by atoms with Crippen LogP contribution in [-0.4, -0.2) is 48.1 Å². The van der Waals surface area contributed by atoms with Crippen LogP contribution in [0.1, 0.15) is 5.69 Å². The summed E-state index contributed by atoms with van der Waals surface area (Å²) in [7, 11) is 3.63. The summed E-state index contributed by atoms with van der Waals surface area (Å²) in [6, 6.07) is 5.15. The number of carbonyl (C=O) groups is 1. The predicted molar refractivity (Wildman–Crippen MR) is 65.4 cm³/mol. The van der Waals surface area contributed by atoms with Crippen molar-refractivity contribution in [3.63, 3.8) is 0 Å². The van der Waals surface area contributed by atoms with Gasteiger partial charge in [-0.05, 0) is 32.1 Å². The van der Waals surface area contributed by atoms with Crippen LogP contribution in [0, 0.1) is 11.8 Å². The zero-order valence-corrected chi connectivity index (χ0v) is 9.90. The zero-order chi connectivity index (χ0) is 12.7. The summed E-state index contributed by atoms with van der Waals surface area (Å²) in [6.45, 7) is 0.0904. The second-order valence-corrected chi connectivity index (χ2v) is 3.65. The maximum atomic E-state index is 11.5.